The Bertz CT molecular complexity index is 1370. The Morgan fingerprint density at radius 2 is 1.68 bits per heavy atom. The molecule has 0 heterocycles. The summed E-state index contributed by atoms with van der Waals surface area (Å²) in [4.78, 5) is 41.4. The molecule has 0 aromatic heterocycles. The fourth-order valence-corrected chi connectivity index (χ4v) is 4.26. The van der Waals surface area contributed by atoms with E-state index in [4.69, 9.17) is 22.8 Å². The lowest BCUT2D eigenvalue weighted by Crippen LogP contribution is -2.51. The molecule has 0 bridgehead atoms. The molecule has 0 aliphatic carbocycles. The fraction of sp³-hybridized carbons (Fsp3) is 0.258. The normalized spacial score (nSPS) is 12.4. The van der Waals surface area contributed by atoms with Crippen LogP contribution in [0.3, 0.4) is 0 Å². The van der Waals surface area contributed by atoms with Crippen molar-refractivity contribution < 1.29 is 24.2 Å². The Labute approximate surface area is 239 Å². The van der Waals surface area contributed by atoms with Gasteiger partial charge >= 0.3 is 6.09 Å². The topological polar surface area (TPSA) is 108 Å². The smallest absolute Gasteiger partial charge is 0.408 e. The summed E-state index contributed by atoms with van der Waals surface area (Å²) in [6.45, 7) is 6.89. The van der Waals surface area contributed by atoms with Crippen molar-refractivity contribution in [1.82, 2.24) is 10.2 Å². The lowest BCUT2D eigenvalue weighted by molar-refractivity contribution is -0.136. The Balaban J connectivity index is 2.02. The number of aryl methyl sites for hydroxylation is 1. The quantitative estimate of drug-likeness (QED) is 0.245. The molecule has 9 heteroatoms. The number of hydrogen-bond acceptors (Lipinski definition) is 5. The number of anilines is 1. The predicted octanol–water partition coefficient (Wildman–Crippen LogP) is 5.59. The molecule has 0 aliphatic heterocycles. The molecule has 0 aliphatic rings. The summed E-state index contributed by atoms with van der Waals surface area (Å²) >= 11 is 6.34. The number of halogens is 1. The van der Waals surface area contributed by atoms with Crippen LogP contribution in [0.4, 0.5) is 10.5 Å². The average Bonchev–Trinajstić information content (AvgIpc) is 2.89. The van der Waals surface area contributed by atoms with Gasteiger partial charge in [0.25, 0.3) is 11.8 Å². The van der Waals surface area contributed by atoms with Crippen molar-refractivity contribution in [3.8, 4) is 18.2 Å². The number of phenolic OH excluding ortho intramolecular Hbond substituents is 1. The largest absolute Gasteiger partial charge is 0.508 e. The number of aromatic hydroxyl groups is 1. The summed E-state index contributed by atoms with van der Waals surface area (Å²) in [7, 11) is 0. The predicted molar refractivity (Wildman–Crippen MR) is 155 cm³/mol. The molecular formula is C31H32ClN3O5. The summed E-state index contributed by atoms with van der Waals surface area (Å²) in [5.74, 6) is -1.37. The second-order valence-electron chi connectivity index (χ2n) is 10.1. The molecule has 0 spiro atoms. The zero-order chi connectivity index (χ0) is 29.4. The van der Waals surface area contributed by atoms with Gasteiger partial charge in [-0.1, -0.05) is 72.6 Å². The monoisotopic (exact) mass is 561 g/mol. The minimum atomic E-state index is -1.33. The van der Waals surface area contributed by atoms with Gasteiger partial charge in [-0.3, -0.25) is 14.5 Å². The van der Waals surface area contributed by atoms with Gasteiger partial charge in [0, 0.05) is 12.5 Å². The van der Waals surface area contributed by atoms with E-state index in [0.717, 1.165) is 10.5 Å². The van der Waals surface area contributed by atoms with E-state index in [1.54, 1.807) is 45.9 Å². The highest BCUT2D eigenvalue weighted by Crippen LogP contribution is 2.30. The van der Waals surface area contributed by atoms with E-state index >= 15 is 0 Å². The maximum Gasteiger partial charge on any atom is 0.408 e. The summed E-state index contributed by atoms with van der Waals surface area (Å²) in [6.07, 6.45) is 5.13. The number of carbonyl (C=O) groups excluding carboxylic acids is 3. The summed E-state index contributed by atoms with van der Waals surface area (Å²) in [5, 5.41) is 15.5. The third-order valence-electron chi connectivity index (χ3n) is 5.83. The first-order chi connectivity index (χ1) is 18.9. The highest BCUT2D eigenvalue weighted by Gasteiger charge is 2.36. The number of carbonyl (C=O) groups is 3. The fourth-order valence-electron chi connectivity index (χ4n) is 3.99. The maximum atomic E-state index is 14.0. The van der Waals surface area contributed by atoms with E-state index in [-0.39, 0.29) is 12.2 Å². The number of benzene rings is 3. The van der Waals surface area contributed by atoms with Gasteiger partial charge in [-0.15, -0.1) is 0 Å². The van der Waals surface area contributed by atoms with Crippen LogP contribution in [0.5, 0.6) is 5.75 Å². The zero-order valence-electron chi connectivity index (χ0n) is 22.8. The van der Waals surface area contributed by atoms with Crippen molar-refractivity contribution in [2.24, 2.45) is 0 Å². The van der Waals surface area contributed by atoms with Gasteiger partial charge in [-0.25, -0.2) is 4.79 Å². The van der Waals surface area contributed by atoms with Crippen molar-refractivity contribution >= 4 is 35.2 Å². The van der Waals surface area contributed by atoms with Gasteiger partial charge in [0.05, 0.1) is 10.7 Å². The molecule has 3 amide bonds. The number of rotatable bonds is 8. The number of terminal acetylenes is 1. The SMILES string of the molecule is C#CN(C(=O)C(Cc1ccccc1)NC(=O)OC(C)(C)C)C(C(=O)Nc1c(C)cccc1Cl)c1ccc(O)cc1. The van der Waals surface area contributed by atoms with Gasteiger partial charge in [-0.2, -0.15) is 0 Å². The molecule has 3 aromatic carbocycles. The standard InChI is InChI=1S/C31H32ClN3O5/c1-6-35(29(38)25(19-21-12-8-7-9-13-21)33-30(39)40-31(3,4)5)27(22-15-17-23(36)18-16-22)28(37)34-26-20(2)11-10-14-24(26)32/h1,7-18,25,27,36H,19H2,2-5H3,(H,33,39)(H,34,37). The van der Waals surface area contributed by atoms with Crippen LogP contribution in [0.1, 0.15) is 43.5 Å². The second kappa shape index (κ2) is 13.0. The molecule has 3 aromatic rings. The van der Waals surface area contributed by atoms with Crippen LogP contribution >= 0.6 is 11.6 Å². The molecule has 0 radical (unpaired) electrons. The van der Waals surface area contributed by atoms with E-state index in [1.807, 2.05) is 30.3 Å². The molecular weight excluding hydrogens is 530 g/mol. The third-order valence-corrected chi connectivity index (χ3v) is 6.15. The molecule has 3 rings (SSSR count). The number of nitrogens with one attached hydrogen (secondary N) is 2. The third kappa shape index (κ3) is 8.01. The van der Waals surface area contributed by atoms with Gasteiger partial charge in [-0.05, 0) is 62.6 Å². The van der Waals surface area contributed by atoms with Crippen LogP contribution in [0, 0.1) is 19.4 Å². The van der Waals surface area contributed by atoms with Gasteiger partial charge in [0.1, 0.15) is 23.4 Å². The van der Waals surface area contributed by atoms with Crippen LogP contribution < -0.4 is 10.6 Å². The molecule has 3 N–H and O–H groups in total. The molecule has 2 atom stereocenters. The number of para-hydroxylation sites is 1. The van der Waals surface area contributed by atoms with Crippen LogP contribution in [0.15, 0.2) is 72.8 Å². The van der Waals surface area contributed by atoms with Gasteiger partial charge < -0.3 is 20.5 Å². The van der Waals surface area contributed by atoms with Gasteiger partial charge in [0.2, 0.25) is 0 Å². The van der Waals surface area contributed by atoms with E-state index < -0.39 is 35.6 Å². The first-order valence-electron chi connectivity index (χ1n) is 12.6. The van der Waals surface area contributed by atoms with Crippen molar-refractivity contribution in [3.63, 3.8) is 0 Å². The molecule has 40 heavy (non-hydrogen) atoms. The number of hydrogen-bond donors (Lipinski definition) is 3. The highest BCUT2D eigenvalue weighted by molar-refractivity contribution is 6.34. The van der Waals surface area contributed by atoms with Crippen LogP contribution in [-0.2, 0) is 20.7 Å². The van der Waals surface area contributed by atoms with E-state index in [0.29, 0.717) is 21.8 Å². The molecule has 208 valence electrons. The number of alkyl carbamates (subject to hydrolysis) is 1. The molecule has 0 fully saturated rings. The zero-order valence-corrected chi connectivity index (χ0v) is 23.5. The Morgan fingerprint density at radius 1 is 1.02 bits per heavy atom. The molecule has 0 saturated carbocycles. The first-order valence-corrected chi connectivity index (χ1v) is 12.9. The van der Waals surface area contributed by atoms with Crippen molar-refractivity contribution in [2.75, 3.05) is 5.32 Å². The highest BCUT2D eigenvalue weighted by atomic mass is 35.5. The summed E-state index contributed by atoms with van der Waals surface area (Å²) in [5.41, 5.74) is 1.36. The van der Waals surface area contributed by atoms with Crippen molar-refractivity contribution in [3.05, 3.63) is 94.5 Å². The summed E-state index contributed by atoms with van der Waals surface area (Å²) < 4.78 is 5.39. The van der Waals surface area contributed by atoms with Crippen molar-refractivity contribution in [1.29, 1.82) is 0 Å². The molecule has 8 nitrogen and oxygen atoms in total. The average molecular weight is 562 g/mol. The van der Waals surface area contributed by atoms with Crippen LogP contribution in [0.25, 0.3) is 0 Å². The van der Waals surface area contributed by atoms with E-state index in [1.165, 1.54) is 24.3 Å². The number of amides is 3. The second-order valence-corrected chi connectivity index (χ2v) is 10.5. The minimum absolute atomic E-state index is 0.0306. The van der Waals surface area contributed by atoms with E-state index in [9.17, 15) is 19.5 Å². The van der Waals surface area contributed by atoms with E-state index in [2.05, 4.69) is 16.7 Å². The van der Waals surface area contributed by atoms with Gasteiger partial charge in [0.15, 0.2) is 0 Å². The van der Waals surface area contributed by atoms with Crippen molar-refractivity contribution in [2.45, 2.75) is 51.8 Å². The summed E-state index contributed by atoms with van der Waals surface area (Å²) in [6, 6.07) is 19.8. The van der Waals surface area contributed by atoms with Crippen LogP contribution in [0.2, 0.25) is 5.02 Å². The lowest BCUT2D eigenvalue weighted by Gasteiger charge is -2.30. The number of ether oxygens (including phenoxy) is 1. The first kappa shape index (κ1) is 30.1. The molecule has 2 unspecified atom stereocenters. The van der Waals surface area contributed by atoms with Crippen LogP contribution in [-0.4, -0.2) is 39.6 Å². The lowest BCUT2D eigenvalue weighted by atomic mass is 10.0. The maximum absolute atomic E-state index is 14.0. The Kier molecular flexibility index (Phi) is 9.81. The Hall–Kier alpha value is -4.48. The number of nitrogens with zero attached hydrogens (tertiary/aromatic N) is 1. The number of phenols is 1. The minimum Gasteiger partial charge on any atom is -0.508 e. The Morgan fingerprint density at radius 3 is 2.25 bits per heavy atom. The molecule has 0 saturated heterocycles.